The van der Waals surface area contributed by atoms with Gasteiger partial charge in [-0.2, -0.15) is 0 Å². The monoisotopic (exact) mass is 230 g/mol. The first-order valence-electron chi connectivity index (χ1n) is 5.67. The smallest absolute Gasteiger partial charge is 0.410 e. The first-order chi connectivity index (χ1) is 7.33. The van der Waals surface area contributed by atoms with Crippen molar-refractivity contribution >= 4 is 6.09 Å². The van der Waals surface area contributed by atoms with Crippen LogP contribution in [0.3, 0.4) is 0 Å². The van der Waals surface area contributed by atoms with E-state index in [1.54, 1.807) is 4.90 Å². The highest BCUT2D eigenvalue weighted by molar-refractivity contribution is 5.68. The number of ether oxygens (including phenoxy) is 1. The van der Waals surface area contributed by atoms with Crippen molar-refractivity contribution in [3.8, 4) is 0 Å². The number of amides is 1. The number of hydrogen-bond acceptors (Lipinski definition) is 4. The largest absolute Gasteiger partial charge is 0.444 e. The lowest BCUT2D eigenvalue weighted by Gasteiger charge is -2.39. The van der Waals surface area contributed by atoms with Gasteiger partial charge in [-0.3, -0.25) is 0 Å². The quantitative estimate of drug-likeness (QED) is 0.691. The Hall–Kier alpha value is -0.810. The van der Waals surface area contributed by atoms with Gasteiger partial charge in [0.2, 0.25) is 0 Å². The molecule has 0 unspecified atom stereocenters. The second-order valence-electron chi connectivity index (χ2n) is 5.28. The molecule has 5 heteroatoms. The number of hydrogen-bond donors (Lipinski definition) is 2. The minimum Gasteiger partial charge on any atom is -0.444 e. The zero-order chi connectivity index (χ0) is 12.3. The average molecular weight is 230 g/mol. The Bertz CT molecular complexity index is 250. The van der Waals surface area contributed by atoms with Gasteiger partial charge in [0.1, 0.15) is 5.60 Å². The summed E-state index contributed by atoms with van der Waals surface area (Å²) < 4.78 is 5.31. The number of aliphatic hydroxyl groups is 1. The van der Waals surface area contributed by atoms with Gasteiger partial charge in [-0.1, -0.05) is 0 Å². The third-order valence-corrected chi connectivity index (χ3v) is 2.45. The van der Waals surface area contributed by atoms with Crippen molar-refractivity contribution < 1.29 is 14.6 Å². The van der Waals surface area contributed by atoms with Crippen LogP contribution >= 0.6 is 0 Å². The predicted octanol–water partition coefficient (Wildman–Crippen LogP) is 0.576. The third-order valence-electron chi connectivity index (χ3n) is 2.45. The highest BCUT2D eigenvalue weighted by atomic mass is 16.6. The van der Waals surface area contributed by atoms with Crippen LogP contribution in [0.2, 0.25) is 0 Å². The molecule has 0 aromatic rings. The molecule has 0 saturated carbocycles. The molecule has 1 aliphatic rings. The summed E-state index contributed by atoms with van der Waals surface area (Å²) >= 11 is 0. The molecule has 94 valence electrons. The van der Waals surface area contributed by atoms with Crippen LogP contribution in [0, 0.1) is 0 Å². The Balaban J connectivity index is 2.63. The maximum absolute atomic E-state index is 11.9. The lowest BCUT2D eigenvalue weighted by Crippen LogP contribution is -2.59. The van der Waals surface area contributed by atoms with Gasteiger partial charge in [-0.25, -0.2) is 4.79 Å². The molecule has 1 fully saturated rings. The van der Waals surface area contributed by atoms with E-state index in [4.69, 9.17) is 4.74 Å². The lowest BCUT2D eigenvalue weighted by atomic mass is 10.1. The van der Waals surface area contributed by atoms with Crippen molar-refractivity contribution in [2.24, 2.45) is 0 Å². The molecule has 1 rings (SSSR count). The molecule has 1 amide bonds. The van der Waals surface area contributed by atoms with Crippen molar-refractivity contribution in [3.05, 3.63) is 0 Å². The van der Waals surface area contributed by atoms with E-state index in [-0.39, 0.29) is 24.8 Å². The van der Waals surface area contributed by atoms with Crippen molar-refractivity contribution in [2.45, 2.75) is 45.4 Å². The van der Waals surface area contributed by atoms with Crippen LogP contribution in [0.1, 0.15) is 27.7 Å². The van der Waals surface area contributed by atoms with Gasteiger partial charge in [0.25, 0.3) is 0 Å². The molecule has 0 bridgehead atoms. The van der Waals surface area contributed by atoms with E-state index in [0.717, 1.165) is 0 Å². The summed E-state index contributed by atoms with van der Waals surface area (Å²) in [4.78, 5) is 13.5. The summed E-state index contributed by atoms with van der Waals surface area (Å²) in [6.07, 6.45) is -0.347. The first-order valence-corrected chi connectivity index (χ1v) is 5.67. The molecule has 0 spiro atoms. The van der Waals surface area contributed by atoms with Gasteiger partial charge in [-0.15, -0.1) is 0 Å². The average Bonchev–Trinajstić information content (AvgIpc) is 2.15. The van der Waals surface area contributed by atoms with Crippen LogP contribution in [-0.2, 0) is 4.74 Å². The zero-order valence-electron chi connectivity index (χ0n) is 10.5. The van der Waals surface area contributed by atoms with Gasteiger partial charge in [-0.05, 0) is 27.7 Å². The number of aliphatic hydroxyl groups excluding tert-OH is 1. The summed E-state index contributed by atoms with van der Waals surface area (Å²) in [5.74, 6) is 0. The highest BCUT2D eigenvalue weighted by Gasteiger charge is 2.32. The maximum Gasteiger partial charge on any atom is 0.410 e. The molecule has 0 aromatic carbocycles. The van der Waals surface area contributed by atoms with Gasteiger partial charge in [0, 0.05) is 19.1 Å². The third kappa shape index (κ3) is 3.64. The number of carbonyl (C=O) groups excluding carboxylic acids is 1. The summed E-state index contributed by atoms with van der Waals surface area (Å²) in [5.41, 5.74) is -0.495. The lowest BCUT2D eigenvalue weighted by molar-refractivity contribution is 0.000250. The van der Waals surface area contributed by atoms with E-state index >= 15 is 0 Å². The van der Waals surface area contributed by atoms with Crippen LogP contribution < -0.4 is 5.32 Å². The van der Waals surface area contributed by atoms with Crippen LogP contribution in [0.4, 0.5) is 4.79 Å². The Morgan fingerprint density at radius 1 is 1.56 bits per heavy atom. The van der Waals surface area contributed by atoms with E-state index < -0.39 is 5.60 Å². The molecule has 0 radical (unpaired) electrons. The van der Waals surface area contributed by atoms with E-state index in [1.807, 2.05) is 27.7 Å². The van der Waals surface area contributed by atoms with Crippen molar-refractivity contribution in [2.75, 3.05) is 19.7 Å². The molecule has 2 atom stereocenters. The van der Waals surface area contributed by atoms with Crippen molar-refractivity contribution in [1.82, 2.24) is 10.2 Å². The second-order valence-corrected chi connectivity index (χ2v) is 5.28. The normalized spacial score (nSPS) is 26.7. The summed E-state index contributed by atoms with van der Waals surface area (Å²) in [5, 5.41) is 12.4. The minimum atomic E-state index is -0.495. The second kappa shape index (κ2) is 5.01. The van der Waals surface area contributed by atoms with Gasteiger partial charge < -0.3 is 20.1 Å². The standard InChI is InChI=1S/C11H22N2O3/c1-8-6-13(9(7-14)5-12-8)10(15)16-11(2,3)4/h8-9,12,14H,5-7H2,1-4H3/t8-,9-/m1/s1. The molecular formula is C11H22N2O3. The zero-order valence-corrected chi connectivity index (χ0v) is 10.5. The van der Waals surface area contributed by atoms with Crippen LogP contribution in [0.25, 0.3) is 0 Å². The summed E-state index contributed by atoms with van der Waals surface area (Å²) in [6, 6.07) is 0.0429. The van der Waals surface area contributed by atoms with E-state index in [1.165, 1.54) is 0 Å². The fourth-order valence-electron chi connectivity index (χ4n) is 1.66. The minimum absolute atomic E-state index is 0.0427. The summed E-state index contributed by atoms with van der Waals surface area (Å²) in [6.45, 7) is 8.65. The fraction of sp³-hybridized carbons (Fsp3) is 0.909. The van der Waals surface area contributed by atoms with E-state index in [9.17, 15) is 9.90 Å². The fourth-order valence-corrected chi connectivity index (χ4v) is 1.66. The number of rotatable bonds is 1. The molecular weight excluding hydrogens is 208 g/mol. The SMILES string of the molecule is C[C@@H]1CN(C(=O)OC(C)(C)C)[C@@H](CO)CN1. The Labute approximate surface area is 96.8 Å². The van der Waals surface area contributed by atoms with Crippen LogP contribution in [0.15, 0.2) is 0 Å². The van der Waals surface area contributed by atoms with Gasteiger partial charge >= 0.3 is 6.09 Å². The number of piperazine rings is 1. The molecule has 1 aliphatic heterocycles. The number of nitrogens with zero attached hydrogens (tertiary/aromatic N) is 1. The van der Waals surface area contributed by atoms with E-state index in [0.29, 0.717) is 13.1 Å². The summed E-state index contributed by atoms with van der Waals surface area (Å²) in [7, 11) is 0. The molecule has 1 heterocycles. The van der Waals surface area contributed by atoms with Crippen molar-refractivity contribution in [1.29, 1.82) is 0 Å². The molecule has 0 aliphatic carbocycles. The predicted molar refractivity (Wildman–Crippen MR) is 61.3 cm³/mol. The van der Waals surface area contributed by atoms with E-state index in [2.05, 4.69) is 5.32 Å². The Morgan fingerprint density at radius 2 is 2.19 bits per heavy atom. The topological polar surface area (TPSA) is 61.8 Å². The van der Waals surface area contributed by atoms with Crippen LogP contribution in [0.5, 0.6) is 0 Å². The highest BCUT2D eigenvalue weighted by Crippen LogP contribution is 2.14. The molecule has 1 saturated heterocycles. The molecule has 2 N–H and O–H groups in total. The molecule has 16 heavy (non-hydrogen) atoms. The van der Waals surface area contributed by atoms with Crippen molar-refractivity contribution in [3.63, 3.8) is 0 Å². The number of nitrogens with one attached hydrogen (secondary N) is 1. The van der Waals surface area contributed by atoms with Crippen LogP contribution in [-0.4, -0.2) is 53.5 Å². The number of carbonyl (C=O) groups is 1. The van der Waals surface area contributed by atoms with Gasteiger partial charge in [0.15, 0.2) is 0 Å². The molecule has 0 aromatic heterocycles. The molecule has 5 nitrogen and oxygen atoms in total. The maximum atomic E-state index is 11.9. The van der Waals surface area contributed by atoms with Gasteiger partial charge in [0.05, 0.1) is 12.6 Å². The Kier molecular flexibility index (Phi) is 4.15. The first kappa shape index (κ1) is 13.3. The Morgan fingerprint density at radius 3 is 2.69 bits per heavy atom.